The Morgan fingerprint density at radius 1 is 1.43 bits per heavy atom. The highest BCUT2D eigenvalue weighted by Gasteiger charge is 2.30. The molecule has 1 amide bonds. The summed E-state index contributed by atoms with van der Waals surface area (Å²) >= 11 is 6.03. The molecule has 1 aromatic carbocycles. The van der Waals surface area contributed by atoms with Gasteiger partial charge in [0, 0.05) is 25.4 Å². The minimum Gasteiger partial charge on any atom is -0.492 e. The van der Waals surface area contributed by atoms with Crippen LogP contribution in [0.25, 0.3) is 0 Å². The topological polar surface area (TPSA) is 58.2 Å². The number of carbonyl (C=O) groups excluding carboxylic acids is 1. The second kappa shape index (κ2) is 7.51. The lowest BCUT2D eigenvalue weighted by molar-refractivity contribution is -0.132. The summed E-state index contributed by atoms with van der Waals surface area (Å²) in [6, 6.07) is 7.45. The van der Waals surface area contributed by atoms with Gasteiger partial charge in [-0.3, -0.25) is 4.79 Å². The maximum Gasteiger partial charge on any atom is 0.223 e. The van der Waals surface area contributed by atoms with Crippen molar-refractivity contribution in [1.29, 1.82) is 0 Å². The Morgan fingerprint density at radius 2 is 2.30 bits per heavy atom. The number of hydrogen-bond donors (Lipinski definition) is 1. The molecule has 0 bridgehead atoms. The highest BCUT2D eigenvalue weighted by Crippen LogP contribution is 2.30. The quantitative estimate of drug-likeness (QED) is 0.822. The van der Waals surface area contributed by atoms with Crippen LogP contribution in [0.5, 0.6) is 5.75 Å². The summed E-state index contributed by atoms with van der Waals surface area (Å²) in [5, 5.41) is 0.594. The van der Waals surface area contributed by atoms with Gasteiger partial charge in [-0.15, -0.1) is 0 Å². The van der Waals surface area contributed by atoms with Crippen LogP contribution in [0.3, 0.4) is 0 Å². The molecule has 0 unspecified atom stereocenters. The fourth-order valence-electron chi connectivity index (χ4n) is 2.92. The van der Waals surface area contributed by atoms with E-state index in [0.29, 0.717) is 30.2 Å². The number of carbonyl (C=O) groups is 1. The molecule has 0 saturated carbocycles. The molecule has 3 rings (SSSR count). The third-order valence-corrected chi connectivity index (χ3v) is 4.35. The number of likely N-dealkylation sites (tertiary alicyclic amines) is 1. The second-order valence-electron chi connectivity index (χ2n) is 5.60. The van der Waals surface area contributed by atoms with E-state index in [1.807, 2.05) is 23.1 Å². The molecule has 1 fully saturated rings. The molecular weight excluding hydrogens is 314 g/mol. The van der Waals surface area contributed by atoms with E-state index in [4.69, 9.17) is 16.3 Å². The van der Waals surface area contributed by atoms with Crippen molar-refractivity contribution in [3.8, 4) is 5.75 Å². The van der Waals surface area contributed by atoms with Crippen molar-refractivity contribution in [3.63, 3.8) is 0 Å². The van der Waals surface area contributed by atoms with E-state index < -0.39 is 0 Å². The summed E-state index contributed by atoms with van der Waals surface area (Å²) in [7, 11) is 0. The second-order valence-corrected chi connectivity index (χ2v) is 6.01. The number of nitrogens with one attached hydrogen (secondary N) is 1. The van der Waals surface area contributed by atoms with Crippen molar-refractivity contribution >= 4 is 17.5 Å². The molecular formula is C17H20ClN3O2. The number of H-pyrrole nitrogens is 1. The average Bonchev–Trinajstić information content (AvgIpc) is 3.23. The van der Waals surface area contributed by atoms with Crippen molar-refractivity contribution in [1.82, 2.24) is 14.9 Å². The lowest BCUT2D eigenvalue weighted by Crippen LogP contribution is -2.31. The van der Waals surface area contributed by atoms with Crippen molar-refractivity contribution < 1.29 is 9.53 Å². The number of aromatic amines is 1. The molecule has 1 atom stereocenters. The molecule has 1 aliphatic rings. The molecule has 6 heteroatoms. The Hall–Kier alpha value is -2.01. The number of imidazole rings is 1. The van der Waals surface area contributed by atoms with Gasteiger partial charge in [0.1, 0.15) is 11.6 Å². The Balaban J connectivity index is 1.47. The van der Waals surface area contributed by atoms with Crippen molar-refractivity contribution in [2.75, 3.05) is 13.2 Å². The zero-order chi connectivity index (χ0) is 16.1. The number of aromatic nitrogens is 2. The van der Waals surface area contributed by atoms with Crippen molar-refractivity contribution in [2.45, 2.75) is 31.7 Å². The summed E-state index contributed by atoms with van der Waals surface area (Å²) in [5.74, 6) is 1.70. The Bertz CT molecular complexity index is 645. The van der Waals surface area contributed by atoms with Gasteiger partial charge in [0.25, 0.3) is 0 Å². The number of rotatable bonds is 6. The Kier molecular flexibility index (Phi) is 5.18. The smallest absolute Gasteiger partial charge is 0.223 e. The third-order valence-electron chi connectivity index (χ3n) is 4.04. The molecule has 1 saturated heterocycles. The first-order valence-electron chi connectivity index (χ1n) is 7.92. The van der Waals surface area contributed by atoms with Gasteiger partial charge in [0.05, 0.1) is 17.7 Å². The van der Waals surface area contributed by atoms with Gasteiger partial charge in [0.2, 0.25) is 5.91 Å². The molecule has 1 aromatic heterocycles. The van der Waals surface area contributed by atoms with Crippen LogP contribution in [0.15, 0.2) is 36.7 Å². The van der Waals surface area contributed by atoms with Crippen LogP contribution in [0.1, 0.15) is 37.5 Å². The summed E-state index contributed by atoms with van der Waals surface area (Å²) in [5.41, 5.74) is 0. The molecule has 1 aliphatic heterocycles. The van der Waals surface area contributed by atoms with Crippen LogP contribution < -0.4 is 4.74 Å². The zero-order valence-electron chi connectivity index (χ0n) is 12.9. The van der Waals surface area contributed by atoms with E-state index >= 15 is 0 Å². The Labute approximate surface area is 140 Å². The van der Waals surface area contributed by atoms with Crippen molar-refractivity contribution in [2.24, 2.45) is 0 Å². The number of amides is 1. The summed E-state index contributed by atoms with van der Waals surface area (Å²) in [6.45, 7) is 1.28. The van der Waals surface area contributed by atoms with E-state index in [0.717, 1.165) is 25.2 Å². The molecule has 5 nitrogen and oxygen atoms in total. The van der Waals surface area contributed by atoms with Gasteiger partial charge < -0.3 is 14.6 Å². The van der Waals surface area contributed by atoms with E-state index in [9.17, 15) is 4.79 Å². The molecule has 122 valence electrons. The van der Waals surface area contributed by atoms with Gasteiger partial charge in [-0.2, -0.15) is 0 Å². The number of nitrogens with zero attached hydrogens (tertiary/aromatic N) is 2. The third kappa shape index (κ3) is 3.85. The summed E-state index contributed by atoms with van der Waals surface area (Å²) < 4.78 is 5.63. The van der Waals surface area contributed by atoms with E-state index in [1.165, 1.54) is 0 Å². The number of halogens is 1. The maximum atomic E-state index is 12.4. The summed E-state index contributed by atoms with van der Waals surface area (Å²) in [6.07, 6.45) is 6.66. The molecule has 0 spiro atoms. The predicted molar refractivity (Wildman–Crippen MR) is 88.5 cm³/mol. The van der Waals surface area contributed by atoms with Crippen LogP contribution in [0.2, 0.25) is 5.02 Å². The molecule has 2 heterocycles. The average molecular weight is 334 g/mol. The molecule has 23 heavy (non-hydrogen) atoms. The first kappa shape index (κ1) is 15.9. The van der Waals surface area contributed by atoms with Gasteiger partial charge in [-0.05, 0) is 31.4 Å². The minimum atomic E-state index is 0.0852. The highest BCUT2D eigenvalue weighted by molar-refractivity contribution is 6.32. The number of hydrogen-bond acceptors (Lipinski definition) is 3. The minimum absolute atomic E-state index is 0.0852. The SMILES string of the molecule is O=C(CCCOc1ccccc1Cl)N1CCC[C@H]1c1ncc[nH]1. The number of para-hydroxylation sites is 1. The maximum absolute atomic E-state index is 12.4. The largest absolute Gasteiger partial charge is 0.492 e. The predicted octanol–water partition coefficient (Wildman–Crippen LogP) is 3.59. The van der Waals surface area contributed by atoms with E-state index in [-0.39, 0.29) is 11.9 Å². The lowest BCUT2D eigenvalue weighted by Gasteiger charge is -2.23. The van der Waals surface area contributed by atoms with Crippen LogP contribution in [-0.4, -0.2) is 33.9 Å². The van der Waals surface area contributed by atoms with Crippen LogP contribution >= 0.6 is 11.6 Å². The molecule has 1 N–H and O–H groups in total. The summed E-state index contributed by atoms with van der Waals surface area (Å²) in [4.78, 5) is 21.8. The van der Waals surface area contributed by atoms with Gasteiger partial charge >= 0.3 is 0 Å². The van der Waals surface area contributed by atoms with Crippen LogP contribution in [0, 0.1) is 0 Å². The van der Waals surface area contributed by atoms with E-state index in [1.54, 1.807) is 18.5 Å². The standard InChI is InChI=1S/C17H20ClN3O2/c18-13-5-1-2-7-15(13)23-12-4-8-16(22)21-11-3-6-14(21)17-19-9-10-20-17/h1-2,5,7,9-10,14H,3-4,6,8,11-12H2,(H,19,20)/t14-/m0/s1. The Morgan fingerprint density at radius 3 is 3.09 bits per heavy atom. The number of benzene rings is 1. The van der Waals surface area contributed by atoms with Gasteiger partial charge in [0.15, 0.2) is 0 Å². The highest BCUT2D eigenvalue weighted by atomic mass is 35.5. The van der Waals surface area contributed by atoms with Gasteiger partial charge in [-0.25, -0.2) is 4.98 Å². The van der Waals surface area contributed by atoms with Gasteiger partial charge in [-0.1, -0.05) is 23.7 Å². The van der Waals surface area contributed by atoms with E-state index in [2.05, 4.69) is 9.97 Å². The van der Waals surface area contributed by atoms with Crippen molar-refractivity contribution in [3.05, 3.63) is 47.5 Å². The molecule has 0 aliphatic carbocycles. The monoisotopic (exact) mass is 333 g/mol. The van der Waals surface area contributed by atoms with Crippen LogP contribution in [-0.2, 0) is 4.79 Å². The molecule has 0 radical (unpaired) electrons. The first-order chi connectivity index (χ1) is 11.3. The first-order valence-corrected chi connectivity index (χ1v) is 8.29. The fraction of sp³-hybridized carbons (Fsp3) is 0.412. The number of ether oxygens (including phenoxy) is 1. The molecule has 2 aromatic rings. The zero-order valence-corrected chi connectivity index (χ0v) is 13.6. The van der Waals surface area contributed by atoms with Crippen LogP contribution in [0.4, 0.5) is 0 Å². The fourth-order valence-corrected chi connectivity index (χ4v) is 3.11. The normalized spacial score (nSPS) is 17.4. The lowest BCUT2D eigenvalue weighted by atomic mass is 10.2.